The van der Waals surface area contributed by atoms with Crippen LogP contribution in [-0.2, 0) is 9.53 Å². The van der Waals surface area contributed by atoms with Crippen molar-refractivity contribution in [3.05, 3.63) is 28.2 Å². The van der Waals surface area contributed by atoms with Crippen molar-refractivity contribution < 1.29 is 23.9 Å². The van der Waals surface area contributed by atoms with Crippen LogP contribution in [0.15, 0.2) is 22.7 Å². The van der Waals surface area contributed by atoms with E-state index >= 15 is 0 Å². The molecule has 2 rings (SSSR count). The summed E-state index contributed by atoms with van der Waals surface area (Å²) in [6.07, 6.45) is 5.16. The molecule has 0 unspecified atom stereocenters. The summed E-state index contributed by atoms with van der Waals surface area (Å²) in [5.41, 5.74) is 0.235. The van der Waals surface area contributed by atoms with Gasteiger partial charge < -0.3 is 14.8 Å². The Morgan fingerprint density at radius 2 is 1.92 bits per heavy atom. The Morgan fingerprint density at radius 3 is 2.60 bits per heavy atom. The average Bonchev–Trinajstić information content (AvgIpc) is 2.61. The third-order valence-corrected chi connectivity index (χ3v) is 4.61. The molecule has 0 heterocycles. The summed E-state index contributed by atoms with van der Waals surface area (Å²) in [6, 6.07) is 4.36. The molecule has 0 spiro atoms. The van der Waals surface area contributed by atoms with E-state index in [2.05, 4.69) is 26.6 Å². The fourth-order valence-corrected chi connectivity index (χ4v) is 3.04. The molecule has 3 amide bonds. The van der Waals surface area contributed by atoms with Crippen LogP contribution in [0.25, 0.3) is 0 Å². The van der Waals surface area contributed by atoms with Gasteiger partial charge in [0, 0.05) is 10.5 Å². The van der Waals surface area contributed by atoms with Gasteiger partial charge in [0.25, 0.3) is 5.91 Å². The van der Waals surface area contributed by atoms with Crippen LogP contribution < -0.4 is 15.4 Å². The van der Waals surface area contributed by atoms with Crippen LogP contribution in [0.1, 0.15) is 42.5 Å². The summed E-state index contributed by atoms with van der Waals surface area (Å²) in [6.45, 7) is -0.541. The zero-order valence-corrected chi connectivity index (χ0v) is 15.6. The fraction of sp³-hybridized carbons (Fsp3) is 0.471. The number of carbonyl (C=O) groups is 3. The van der Waals surface area contributed by atoms with Gasteiger partial charge in [0.2, 0.25) is 0 Å². The molecule has 136 valence electrons. The Labute approximate surface area is 154 Å². The number of hydrogen-bond donors (Lipinski definition) is 2. The minimum atomic E-state index is -0.686. The van der Waals surface area contributed by atoms with Gasteiger partial charge in [-0.1, -0.05) is 19.3 Å². The number of urea groups is 1. The molecule has 25 heavy (non-hydrogen) atoms. The Morgan fingerprint density at radius 1 is 1.20 bits per heavy atom. The molecule has 0 bridgehead atoms. The first-order valence-corrected chi connectivity index (χ1v) is 8.90. The monoisotopic (exact) mass is 412 g/mol. The van der Waals surface area contributed by atoms with E-state index in [1.54, 1.807) is 12.1 Å². The number of halogens is 1. The van der Waals surface area contributed by atoms with Crippen LogP contribution in [-0.4, -0.2) is 37.7 Å². The molecule has 0 saturated heterocycles. The maximum Gasteiger partial charge on any atom is 0.339 e. The first-order chi connectivity index (χ1) is 12.0. The van der Waals surface area contributed by atoms with Gasteiger partial charge in [-0.15, -0.1) is 0 Å². The van der Waals surface area contributed by atoms with Crippen LogP contribution in [0.3, 0.4) is 0 Å². The SMILES string of the molecule is COc1ccc(Br)c(C(=O)OCC(=O)NC(=O)NC2CCCCC2)c1. The molecule has 0 radical (unpaired) electrons. The molecule has 7 nitrogen and oxygen atoms in total. The summed E-state index contributed by atoms with van der Waals surface area (Å²) in [5.74, 6) is -0.874. The maximum atomic E-state index is 12.1. The molecular formula is C17H21BrN2O5. The van der Waals surface area contributed by atoms with Crippen LogP contribution in [0.4, 0.5) is 4.79 Å². The zero-order chi connectivity index (χ0) is 18.2. The standard InChI is InChI=1S/C17H21BrN2O5/c1-24-12-7-8-14(18)13(9-12)16(22)25-10-15(21)20-17(23)19-11-5-3-2-4-6-11/h7-9,11H,2-6,10H2,1H3,(H2,19,20,21,23). The van der Waals surface area contributed by atoms with Crippen molar-refractivity contribution >= 4 is 33.8 Å². The highest BCUT2D eigenvalue weighted by Gasteiger charge is 2.18. The van der Waals surface area contributed by atoms with Gasteiger partial charge in [-0.25, -0.2) is 9.59 Å². The van der Waals surface area contributed by atoms with Crippen LogP contribution in [0, 0.1) is 0 Å². The van der Waals surface area contributed by atoms with Crippen LogP contribution >= 0.6 is 15.9 Å². The minimum Gasteiger partial charge on any atom is -0.497 e. The lowest BCUT2D eigenvalue weighted by Crippen LogP contribution is -2.46. The Bertz CT molecular complexity index is 644. The molecule has 0 aromatic heterocycles. The zero-order valence-electron chi connectivity index (χ0n) is 14.0. The quantitative estimate of drug-likeness (QED) is 0.725. The normalized spacial score (nSPS) is 14.5. The van der Waals surface area contributed by atoms with E-state index in [0.29, 0.717) is 10.2 Å². The predicted octanol–water partition coefficient (Wildman–Crippen LogP) is 2.77. The lowest BCUT2D eigenvalue weighted by molar-refractivity contribution is -0.123. The van der Waals surface area contributed by atoms with Gasteiger partial charge in [-0.05, 0) is 47.0 Å². The predicted molar refractivity (Wildman–Crippen MR) is 94.5 cm³/mol. The molecule has 0 atom stereocenters. The topological polar surface area (TPSA) is 93.7 Å². The largest absolute Gasteiger partial charge is 0.497 e. The molecule has 2 N–H and O–H groups in total. The van der Waals surface area contributed by atoms with Crippen molar-refractivity contribution in [3.63, 3.8) is 0 Å². The third kappa shape index (κ3) is 6.04. The number of carbonyl (C=O) groups excluding carboxylic acids is 3. The summed E-state index contributed by atoms with van der Waals surface area (Å²) in [7, 11) is 1.48. The molecule has 1 aliphatic rings. The number of methoxy groups -OCH3 is 1. The van der Waals surface area contributed by atoms with E-state index in [-0.39, 0.29) is 11.6 Å². The minimum absolute atomic E-state index is 0.0943. The highest BCUT2D eigenvalue weighted by atomic mass is 79.9. The average molecular weight is 413 g/mol. The van der Waals surface area contributed by atoms with Crippen molar-refractivity contribution in [1.82, 2.24) is 10.6 Å². The van der Waals surface area contributed by atoms with E-state index in [1.165, 1.54) is 19.6 Å². The van der Waals surface area contributed by atoms with E-state index < -0.39 is 24.5 Å². The van der Waals surface area contributed by atoms with Crippen molar-refractivity contribution in [2.75, 3.05) is 13.7 Å². The van der Waals surface area contributed by atoms with Crippen molar-refractivity contribution in [2.24, 2.45) is 0 Å². The molecule has 1 saturated carbocycles. The molecule has 1 aromatic rings. The number of amides is 3. The molecular weight excluding hydrogens is 392 g/mol. The smallest absolute Gasteiger partial charge is 0.339 e. The van der Waals surface area contributed by atoms with Gasteiger partial charge in [0.05, 0.1) is 12.7 Å². The van der Waals surface area contributed by atoms with Gasteiger partial charge in [0.15, 0.2) is 6.61 Å². The molecule has 8 heteroatoms. The second-order valence-electron chi connectivity index (χ2n) is 5.78. The number of hydrogen-bond acceptors (Lipinski definition) is 5. The number of benzene rings is 1. The molecule has 0 aliphatic heterocycles. The second kappa shape index (κ2) is 9.41. The van der Waals surface area contributed by atoms with Gasteiger partial charge in [-0.2, -0.15) is 0 Å². The van der Waals surface area contributed by atoms with Crippen molar-refractivity contribution in [3.8, 4) is 5.75 Å². The molecule has 1 fully saturated rings. The second-order valence-corrected chi connectivity index (χ2v) is 6.63. The van der Waals surface area contributed by atoms with Crippen LogP contribution in [0.5, 0.6) is 5.75 Å². The lowest BCUT2D eigenvalue weighted by Gasteiger charge is -2.22. The lowest BCUT2D eigenvalue weighted by atomic mass is 9.96. The molecule has 1 aliphatic carbocycles. The summed E-state index contributed by atoms with van der Waals surface area (Å²) in [5, 5.41) is 4.93. The number of rotatable bonds is 5. The van der Waals surface area contributed by atoms with Crippen molar-refractivity contribution in [1.29, 1.82) is 0 Å². The fourth-order valence-electron chi connectivity index (χ4n) is 2.63. The summed E-state index contributed by atoms with van der Waals surface area (Å²) in [4.78, 5) is 35.6. The summed E-state index contributed by atoms with van der Waals surface area (Å²) >= 11 is 3.24. The summed E-state index contributed by atoms with van der Waals surface area (Å²) < 4.78 is 10.5. The van der Waals surface area contributed by atoms with Gasteiger partial charge in [-0.3, -0.25) is 10.1 Å². The highest BCUT2D eigenvalue weighted by molar-refractivity contribution is 9.10. The molecule has 1 aromatic carbocycles. The maximum absolute atomic E-state index is 12.1. The highest BCUT2D eigenvalue weighted by Crippen LogP contribution is 2.23. The van der Waals surface area contributed by atoms with E-state index in [9.17, 15) is 14.4 Å². The first kappa shape index (κ1) is 19.2. The Hall–Kier alpha value is -2.09. The van der Waals surface area contributed by atoms with Crippen LogP contribution in [0.2, 0.25) is 0 Å². The Balaban J connectivity index is 1.79. The van der Waals surface area contributed by atoms with Gasteiger partial charge >= 0.3 is 12.0 Å². The van der Waals surface area contributed by atoms with Gasteiger partial charge in [0.1, 0.15) is 5.75 Å². The van der Waals surface area contributed by atoms with Crippen molar-refractivity contribution in [2.45, 2.75) is 38.1 Å². The number of nitrogens with one attached hydrogen (secondary N) is 2. The van der Waals surface area contributed by atoms with E-state index in [0.717, 1.165) is 25.7 Å². The number of imide groups is 1. The third-order valence-electron chi connectivity index (χ3n) is 3.92. The Kier molecular flexibility index (Phi) is 7.24. The first-order valence-electron chi connectivity index (χ1n) is 8.10. The number of esters is 1. The van der Waals surface area contributed by atoms with E-state index in [4.69, 9.17) is 9.47 Å². The van der Waals surface area contributed by atoms with E-state index in [1.807, 2.05) is 0 Å². The number of ether oxygens (including phenoxy) is 2.